The van der Waals surface area contributed by atoms with Crippen LogP contribution in [0.2, 0.25) is 0 Å². The maximum absolute atomic E-state index is 12.9. The lowest BCUT2D eigenvalue weighted by Gasteiger charge is -2.16. The first-order valence-corrected chi connectivity index (χ1v) is 10.5. The molecule has 8 heteroatoms. The van der Waals surface area contributed by atoms with Gasteiger partial charge in [0.25, 0.3) is 11.8 Å². The fourth-order valence-corrected chi connectivity index (χ4v) is 3.31. The lowest BCUT2D eigenvalue weighted by molar-refractivity contribution is 0.0954. The Bertz CT molecular complexity index is 861. The van der Waals surface area contributed by atoms with Gasteiger partial charge in [-0.3, -0.25) is 9.59 Å². The van der Waals surface area contributed by atoms with E-state index in [9.17, 15) is 9.59 Å². The molecule has 0 radical (unpaired) electrons. The second-order valence-corrected chi connectivity index (χ2v) is 7.48. The molecule has 1 aromatic heterocycles. The fraction of sp³-hybridized carbons (Fsp3) is 0.400. The van der Waals surface area contributed by atoms with Crippen molar-refractivity contribution in [3.8, 4) is 11.5 Å². The summed E-state index contributed by atoms with van der Waals surface area (Å²) in [6.45, 7) is 0.560. The first-order valence-electron chi connectivity index (χ1n) is 9.10. The number of carbonyl (C=O) groups is 2. The number of carbonyl (C=O) groups excluding carboxylic acids is 2. The zero-order chi connectivity index (χ0) is 20.1. The molecule has 2 amide bonds. The van der Waals surface area contributed by atoms with Gasteiger partial charge in [-0.05, 0) is 43.4 Å². The van der Waals surface area contributed by atoms with Gasteiger partial charge in [0, 0.05) is 30.1 Å². The van der Waals surface area contributed by atoms with Gasteiger partial charge in [0.05, 0.1) is 19.9 Å². The van der Waals surface area contributed by atoms with Crippen LogP contribution in [-0.2, 0) is 0 Å². The molecule has 0 atom stereocenters. The Kier molecular flexibility index (Phi) is 6.51. The smallest absolute Gasteiger partial charge is 0.272 e. The SMILES string of the molecule is COc1cc(C(=O)NCCSC)cc(NC(=O)c2cccn2C2CC2)c1OC. The molecule has 7 nitrogen and oxygen atoms in total. The first kappa shape index (κ1) is 20.1. The molecule has 150 valence electrons. The van der Waals surface area contributed by atoms with Crippen molar-refractivity contribution in [2.24, 2.45) is 0 Å². The van der Waals surface area contributed by atoms with Crippen molar-refractivity contribution in [3.63, 3.8) is 0 Å². The van der Waals surface area contributed by atoms with Crippen LogP contribution in [-0.4, -0.2) is 49.2 Å². The number of nitrogens with zero attached hydrogens (tertiary/aromatic N) is 1. The van der Waals surface area contributed by atoms with Crippen LogP contribution in [0, 0.1) is 0 Å². The summed E-state index contributed by atoms with van der Waals surface area (Å²) >= 11 is 1.65. The number of aromatic nitrogens is 1. The molecule has 0 bridgehead atoms. The molecular weight excluding hydrogens is 378 g/mol. The van der Waals surface area contributed by atoms with E-state index in [0.29, 0.717) is 41.0 Å². The highest BCUT2D eigenvalue weighted by molar-refractivity contribution is 7.98. The van der Waals surface area contributed by atoms with Crippen molar-refractivity contribution in [1.29, 1.82) is 0 Å². The first-order chi connectivity index (χ1) is 13.6. The number of anilines is 1. The summed E-state index contributed by atoms with van der Waals surface area (Å²) in [4.78, 5) is 25.3. The minimum atomic E-state index is -0.253. The van der Waals surface area contributed by atoms with E-state index in [0.717, 1.165) is 18.6 Å². The summed E-state index contributed by atoms with van der Waals surface area (Å²) in [6, 6.07) is 7.26. The Morgan fingerprint density at radius 2 is 2.00 bits per heavy atom. The molecule has 1 aliphatic rings. The maximum atomic E-state index is 12.9. The number of nitrogens with one attached hydrogen (secondary N) is 2. The van der Waals surface area contributed by atoms with E-state index in [2.05, 4.69) is 10.6 Å². The minimum absolute atomic E-state index is 0.230. The van der Waals surface area contributed by atoms with Gasteiger partial charge in [-0.15, -0.1) is 0 Å². The average molecular weight is 404 g/mol. The minimum Gasteiger partial charge on any atom is -0.493 e. The molecule has 2 N–H and O–H groups in total. The molecule has 1 saturated carbocycles. The Hall–Kier alpha value is -2.61. The fourth-order valence-electron chi connectivity index (χ4n) is 3.00. The summed E-state index contributed by atoms with van der Waals surface area (Å²) in [7, 11) is 3.00. The molecule has 1 fully saturated rings. The van der Waals surface area contributed by atoms with Gasteiger partial charge in [-0.1, -0.05) is 0 Å². The number of ether oxygens (including phenoxy) is 2. The summed E-state index contributed by atoms with van der Waals surface area (Å²) < 4.78 is 12.8. The monoisotopic (exact) mass is 403 g/mol. The third-order valence-electron chi connectivity index (χ3n) is 4.53. The van der Waals surface area contributed by atoms with Crippen molar-refractivity contribution < 1.29 is 19.1 Å². The third kappa shape index (κ3) is 4.44. The van der Waals surface area contributed by atoms with Crippen molar-refractivity contribution in [2.45, 2.75) is 18.9 Å². The van der Waals surface area contributed by atoms with Crippen LogP contribution in [0.15, 0.2) is 30.5 Å². The molecule has 28 heavy (non-hydrogen) atoms. The standard InChI is InChI=1S/C20H25N3O4S/c1-26-17-12-13(19(24)21-8-10-28-3)11-15(18(17)27-2)22-20(25)16-5-4-9-23(16)14-6-7-14/h4-5,9,11-12,14H,6-8,10H2,1-3H3,(H,21,24)(H,22,25). The summed E-state index contributed by atoms with van der Waals surface area (Å²) in [6.07, 6.45) is 6.06. The second-order valence-electron chi connectivity index (χ2n) is 6.49. The molecule has 1 aliphatic carbocycles. The summed E-state index contributed by atoms with van der Waals surface area (Å²) in [5, 5.41) is 5.73. The zero-order valence-electron chi connectivity index (χ0n) is 16.3. The van der Waals surface area contributed by atoms with Gasteiger partial charge in [-0.2, -0.15) is 11.8 Å². The predicted molar refractivity (Wildman–Crippen MR) is 111 cm³/mol. The van der Waals surface area contributed by atoms with E-state index in [1.807, 2.05) is 23.1 Å². The number of amides is 2. The number of thioether (sulfide) groups is 1. The van der Waals surface area contributed by atoms with E-state index >= 15 is 0 Å². The highest BCUT2D eigenvalue weighted by atomic mass is 32.2. The quantitative estimate of drug-likeness (QED) is 0.629. The van der Waals surface area contributed by atoms with Gasteiger partial charge in [0.15, 0.2) is 11.5 Å². The van der Waals surface area contributed by atoms with Crippen LogP contribution in [0.5, 0.6) is 11.5 Å². The largest absolute Gasteiger partial charge is 0.493 e. The third-order valence-corrected chi connectivity index (χ3v) is 5.15. The zero-order valence-corrected chi connectivity index (χ0v) is 17.1. The van der Waals surface area contributed by atoms with Crippen molar-refractivity contribution >= 4 is 29.3 Å². The molecule has 0 saturated heterocycles. The lowest BCUT2D eigenvalue weighted by atomic mass is 10.1. The Balaban J connectivity index is 1.87. The van der Waals surface area contributed by atoms with E-state index < -0.39 is 0 Å². The molecule has 1 aromatic carbocycles. The Labute approximate surface area is 168 Å². The molecule has 2 aromatic rings. The molecule has 3 rings (SSSR count). The number of rotatable bonds is 9. The molecular formula is C20H25N3O4S. The van der Waals surface area contributed by atoms with Crippen molar-refractivity contribution in [2.75, 3.05) is 38.1 Å². The number of hydrogen-bond donors (Lipinski definition) is 2. The van der Waals surface area contributed by atoms with Crippen LogP contribution in [0.1, 0.15) is 39.7 Å². The number of methoxy groups -OCH3 is 2. The van der Waals surface area contributed by atoms with E-state index in [4.69, 9.17) is 9.47 Å². The summed E-state index contributed by atoms with van der Waals surface area (Å²) in [5.41, 5.74) is 1.37. The molecule has 1 heterocycles. The van der Waals surface area contributed by atoms with Crippen molar-refractivity contribution in [3.05, 3.63) is 41.7 Å². The highest BCUT2D eigenvalue weighted by Gasteiger charge is 2.27. The van der Waals surface area contributed by atoms with Gasteiger partial charge < -0.3 is 24.7 Å². The van der Waals surface area contributed by atoms with Crippen molar-refractivity contribution in [1.82, 2.24) is 9.88 Å². The average Bonchev–Trinajstić information content (AvgIpc) is 3.43. The van der Waals surface area contributed by atoms with E-state index in [1.54, 1.807) is 30.0 Å². The molecule has 0 aliphatic heterocycles. The maximum Gasteiger partial charge on any atom is 0.272 e. The van der Waals surface area contributed by atoms with E-state index in [1.165, 1.54) is 14.2 Å². The highest BCUT2D eigenvalue weighted by Crippen LogP contribution is 2.38. The van der Waals surface area contributed by atoms with E-state index in [-0.39, 0.29) is 11.8 Å². The number of hydrogen-bond acceptors (Lipinski definition) is 5. The van der Waals surface area contributed by atoms with Crippen LogP contribution in [0.3, 0.4) is 0 Å². The van der Waals surface area contributed by atoms with Crippen LogP contribution < -0.4 is 20.1 Å². The Morgan fingerprint density at radius 1 is 1.21 bits per heavy atom. The van der Waals surface area contributed by atoms with Crippen LogP contribution >= 0.6 is 11.8 Å². The van der Waals surface area contributed by atoms with Crippen LogP contribution in [0.25, 0.3) is 0 Å². The predicted octanol–water partition coefficient (Wildman–Crippen LogP) is 3.19. The summed E-state index contributed by atoms with van der Waals surface area (Å²) in [5.74, 6) is 1.10. The molecule has 0 unspecified atom stereocenters. The van der Waals surface area contributed by atoms with Gasteiger partial charge in [-0.25, -0.2) is 0 Å². The van der Waals surface area contributed by atoms with Gasteiger partial charge in [0.1, 0.15) is 5.69 Å². The van der Waals surface area contributed by atoms with Gasteiger partial charge in [0.2, 0.25) is 0 Å². The topological polar surface area (TPSA) is 81.6 Å². The molecule has 0 spiro atoms. The lowest BCUT2D eigenvalue weighted by Crippen LogP contribution is -2.26. The number of benzene rings is 1. The van der Waals surface area contributed by atoms with Gasteiger partial charge >= 0.3 is 0 Å². The second kappa shape index (κ2) is 9.05. The van der Waals surface area contributed by atoms with Crippen LogP contribution in [0.4, 0.5) is 5.69 Å². The Morgan fingerprint density at radius 3 is 2.64 bits per heavy atom. The normalized spacial score (nSPS) is 13.1.